The molecule has 0 aromatic heterocycles. The van der Waals surface area contributed by atoms with E-state index in [0.29, 0.717) is 29.5 Å². The molecule has 0 radical (unpaired) electrons. The fourth-order valence-corrected chi connectivity index (χ4v) is 2.38. The van der Waals surface area contributed by atoms with E-state index in [9.17, 15) is 4.79 Å². The number of rotatable bonds is 7. The van der Waals surface area contributed by atoms with Gasteiger partial charge in [-0.2, -0.15) is 0 Å². The molecule has 1 amide bonds. The number of ether oxygens (including phenoxy) is 1. The minimum absolute atomic E-state index is 0.0841. The first-order valence-electron chi connectivity index (χ1n) is 7.36. The minimum Gasteiger partial charge on any atom is -0.492 e. The Hall–Kier alpha value is -1.71. The van der Waals surface area contributed by atoms with E-state index < -0.39 is 0 Å². The highest BCUT2D eigenvalue weighted by Gasteiger charge is 2.17. The van der Waals surface area contributed by atoms with Gasteiger partial charge in [0.2, 0.25) is 0 Å². The molecule has 0 bridgehead atoms. The van der Waals surface area contributed by atoms with Crippen LogP contribution in [0.1, 0.15) is 50.9 Å². The van der Waals surface area contributed by atoms with Crippen LogP contribution in [0.25, 0.3) is 0 Å². The molecule has 0 saturated carbocycles. The lowest BCUT2D eigenvalue weighted by Crippen LogP contribution is -2.37. The van der Waals surface area contributed by atoms with Gasteiger partial charge in [0, 0.05) is 11.6 Å². The lowest BCUT2D eigenvalue weighted by atomic mass is 9.95. The third kappa shape index (κ3) is 4.15. The minimum atomic E-state index is -0.0841. The van der Waals surface area contributed by atoms with Gasteiger partial charge in [0.05, 0.1) is 12.3 Å². The maximum Gasteiger partial charge on any atom is 0.251 e. The monoisotopic (exact) mass is 278 g/mol. The molecule has 0 saturated heterocycles. The molecule has 0 aliphatic heterocycles. The van der Waals surface area contributed by atoms with Crippen LogP contribution in [-0.2, 0) is 0 Å². The first-order chi connectivity index (χ1) is 9.53. The molecule has 1 unspecified atom stereocenters. The predicted molar refractivity (Wildman–Crippen MR) is 83.0 cm³/mol. The Morgan fingerprint density at radius 1 is 1.30 bits per heavy atom. The normalized spacial score (nSPS) is 12.2. The van der Waals surface area contributed by atoms with Gasteiger partial charge in [0.25, 0.3) is 5.91 Å². The van der Waals surface area contributed by atoms with Gasteiger partial charge < -0.3 is 15.8 Å². The van der Waals surface area contributed by atoms with Gasteiger partial charge in [-0.25, -0.2) is 0 Å². The quantitative estimate of drug-likeness (QED) is 0.753. The Labute approximate surface area is 121 Å². The van der Waals surface area contributed by atoms with Gasteiger partial charge in [-0.1, -0.05) is 26.7 Å². The first kappa shape index (κ1) is 16.3. The standard InChI is InChI=1S/C16H26N2O2/c1-5-12(6-2)11(4)18-16(19)13-8-9-15(20-7-3)14(17)10-13/h8-12H,5-7,17H2,1-4H3,(H,18,19). The molecule has 1 atom stereocenters. The highest BCUT2D eigenvalue weighted by atomic mass is 16.5. The second-order valence-corrected chi connectivity index (χ2v) is 5.02. The number of benzene rings is 1. The van der Waals surface area contributed by atoms with Crippen LogP contribution in [0.3, 0.4) is 0 Å². The average molecular weight is 278 g/mol. The molecule has 20 heavy (non-hydrogen) atoms. The zero-order valence-electron chi connectivity index (χ0n) is 12.9. The van der Waals surface area contributed by atoms with Crippen molar-refractivity contribution < 1.29 is 9.53 Å². The van der Waals surface area contributed by atoms with Gasteiger partial charge in [-0.05, 0) is 38.0 Å². The van der Waals surface area contributed by atoms with Crippen molar-refractivity contribution in [2.75, 3.05) is 12.3 Å². The Bertz CT molecular complexity index is 442. The summed E-state index contributed by atoms with van der Waals surface area (Å²) in [6, 6.07) is 5.32. The summed E-state index contributed by atoms with van der Waals surface area (Å²) >= 11 is 0. The molecule has 0 spiro atoms. The maximum absolute atomic E-state index is 12.2. The van der Waals surface area contributed by atoms with E-state index in [1.165, 1.54) is 0 Å². The highest BCUT2D eigenvalue weighted by molar-refractivity contribution is 5.95. The lowest BCUT2D eigenvalue weighted by molar-refractivity contribution is 0.0925. The van der Waals surface area contributed by atoms with Crippen molar-refractivity contribution in [3.05, 3.63) is 23.8 Å². The van der Waals surface area contributed by atoms with Gasteiger partial charge in [0.1, 0.15) is 5.75 Å². The largest absolute Gasteiger partial charge is 0.492 e. The molecular formula is C16H26N2O2. The zero-order valence-corrected chi connectivity index (χ0v) is 12.9. The highest BCUT2D eigenvalue weighted by Crippen LogP contribution is 2.22. The SMILES string of the molecule is CCOc1ccc(C(=O)NC(C)C(CC)CC)cc1N. The maximum atomic E-state index is 12.2. The molecule has 4 heteroatoms. The van der Waals surface area contributed by atoms with Crippen LogP contribution < -0.4 is 15.8 Å². The number of nitrogens with two attached hydrogens (primary N) is 1. The zero-order chi connectivity index (χ0) is 15.1. The molecule has 0 heterocycles. The number of nitrogen functional groups attached to an aromatic ring is 1. The fourth-order valence-electron chi connectivity index (χ4n) is 2.38. The van der Waals surface area contributed by atoms with Crippen molar-refractivity contribution in [1.82, 2.24) is 5.32 Å². The molecule has 1 aromatic carbocycles. The molecule has 1 rings (SSSR count). The van der Waals surface area contributed by atoms with E-state index in [2.05, 4.69) is 19.2 Å². The Balaban J connectivity index is 2.75. The summed E-state index contributed by atoms with van der Waals surface area (Å²) in [5.74, 6) is 1.04. The Kier molecular flexibility index (Phi) is 6.36. The van der Waals surface area contributed by atoms with Crippen LogP contribution in [0.15, 0.2) is 18.2 Å². The van der Waals surface area contributed by atoms with Crippen molar-refractivity contribution in [3.8, 4) is 5.75 Å². The van der Waals surface area contributed by atoms with Crippen LogP contribution >= 0.6 is 0 Å². The molecule has 3 N–H and O–H groups in total. The molecule has 4 nitrogen and oxygen atoms in total. The van der Waals surface area contributed by atoms with Crippen molar-refractivity contribution in [2.24, 2.45) is 5.92 Å². The third-order valence-electron chi connectivity index (χ3n) is 3.69. The van der Waals surface area contributed by atoms with Gasteiger partial charge in [-0.15, -0.1) is 0 Å². The smallest absolute Gasteiger partial charge is 0.251 e. The van der Waals surface area contributed by atoms with Crippen molar-refractivity contribution in [2.45, 2.75) is 46.6 Å². The van der Waals surface area contributed by atoms with Crippen LogP contribution in [0, 0.1) is 5.92 Å². The molecular weight excluding hydrogens is 252 g/mol. The number of hydrogen-bond acceptors (Lipinski definition) is 3. The average Bonchev–Trinajstić information content (AvgIpc) is 2.42. The molecule has 1 aromatic rings. The summed E-state index contributed by atoms with van der Waals surface area (Å²) in [6.45, 7) is 8.80. The second-order valence-electron chi connectivity index (χ2n) is 5.02. The number of amides is 1. The van der Waals surface area contributed by atoms with Crippen LogP contribution in [0.5, 0.6) is 5.75 Å². The van der Waals surface area contributed by atoms with Gasteiger partial charge in [-0.3, -0.25) is 4.79 Å². The topological polar surface area (TPSA) is 64.3 Å². The Morgan fingerprint density at radius 2 is 1.95 bits per heavy atom. The molecule has 0 aliphatic rings. The van der Waals surface area contributed by atoms with Gasteiger partial charge in [0.15, 0.2) is 0 Å². The number of carbonyl (C=O) groups is 1. The second kappa shape index (κ2) is 7.78. The van der Waals surface area contributed by atoms with E-state index in [-0.39, 0.29) is 11.9 Å². The van der Waals surface area contributed by atoms with Crippen LogP contribution in [0.2, 0.25) is 0 Å². The lowest BCUT2D eigenvalue weighted by Gasteiger charge is -2.22. The van der Waals surface area contributed by atoms with Crippen LogP contribution in [-0.4, -0.2) is 18.6 Å². The van der Waals surface area contributed by atoms with Gasteiger partial charge >= 0.3 is 0 Å². The predicted octanol–water partition coefficient (Wildman–Crippen LogP) is 3.22. The first-order valence-corrected chi connectivity index (χ1v) is 7.36. The summed E-state index contributed by atoms with van der Waals surface area (Å²) in [5, 5.41) is 3.04. The van der Waals surface area contributed by atoms with E-state index >= 15 is 0 Å². The van der Waals surface area contributed by atoms with Crippen molar-refractivity contribution in [1.29, 1.82) is 0 Å². The van der Waals surface area contributed by atoms with E-state index in [0.717, 1.165) is 12.8 Å². The molecule has 112 valence electrons. The summed E-state index contributed by atoms with van der Waals surface area (Å²) in [5.41, 5.74) is 6.95. The molecule has 0 fully saturated rings. The molecule has 0 aliphatic carbocycles. The summed E-state index contributed by atoms with van der Waals surface area (Å²) in [7, 11) is 0. The number of nitrogens with one attached hydrogen (secondary N) is 1. The summed E-state index contributed by atoms with van der Waals surface area (Å²) in [4.78, 5) is 12.2. The van der Waals surface area contributed by atoms with Crippen LogP contribution in [0.4, 0.5) is 5.69 Å². The Morgan fingerprint density at radius 3 is 2.45 bits per heavy atom. The van der Waals surface area contributed by atoms with Crippen molar-refractivity contribution in [3.63, 3.8) is 0 Å². The summed E-state index contributed by atoms with van der Waals surface area (Å²) in [6.07, 6.45) is 2.12. The third-order valence-corrected chi connectivity index (χ3v) is 3.69. The summed E-state index contributed by atoms with van der Waals surface area (Å²) < 4.78 is 5.37. The number of carbonyl (C=O) groups excluding carboxylic acids is 1. The van der Waals surface area contributed by atoms with E-state index in [1.807, 2.05) is 13.8 Å². The van der Waals surface area contributed by atoms with E-state index in [4.69, 9.17) is 10.5 Å². The number of hydrogen-bond donors (Lipinski definition) is 2. The van der Waals surface area contributed by atoms with E-state index in [1.54, 1.807) is 18.2 Å². The van der Waals surface area contributed by atoms with Crippen molar-refractivity contribution >= 4 is 11.6 Å². The fraction of sp³-hybridized carbons (Fsp3) is 0.562. The number of anilines is 1.